The Kier molecular flexibility index (Phi) is 7.26. The van der Waals surface area contributed by atoms with E-state index in [0.717, 1.165) is 27.2 Å². The molecule has 2 amide bonds. The van der Waals surface area contributed by atoms with E-state index in [1.165, 1.54) is 17.4 Å². The number of thiazole rings is 1. The van der Waals surface area contributed by atoms with Gasteiger partial charge in [0.05, 0.1) is 6.04 Å². The first-order valence-corrected chi connectivity index (χ1v) is 12.0. The minimum absolute atomic E-state index is 0.0439. The number of aliphatic carboxylic acids is 1. The Labute approximate surface area is 206 Å². The molecular weight excluding hydrogens is 466 g/mol. The normalized spacial score (nSPS) is 12.8. The summed E-state index contributed by atoms with van der Waals surface area (Å²) in [6, 6.07) is 15.7. The number of rotatable bonds is 9. The molecule has 180 valence electrons. The van der Waals surface area contributed by atoms with Crippen molar-refractivity contribution in [3.63, 3.8) is 0 Å². The number of ether oxygens (including phenoxy) is 1. The van der Waals surface area contributed by atoms with Crippen LogP contribution in [-0.2, 0) is 9.53 Å². The molecule has 0 saturated heterocycles. The van der Waals surface area contributed by atoms with Crippen molar-refractivity contribution < 1.29 is 24.2 Å². The van der Waals surface area contributed by atoms with Crippen molar-refractivity contribution in [1.82, 2.24) is 15.2 Å². The maximum Gasteiger partial charge on any atom is 0.407 e. The van der Waals surface area contributed by atoms with Crippen molar-refractivity contribution in [2.45, 2.75) is 18.9 Å². The molecule has 0 radical (unpaired) electrons. The molecule has 2 aromatic carbocycles. The number of carboxylic acids is 1. The monoisotopic (exact) mass is 491 g/mol. The molecule has 1 unspecified atom stereocenters. The predicted octanol–water partition coefficient (Wildman–Crippen LogP) is 4.46. The van der Waals surface area contributed by atoms with Crippen LogP contribution in [0.5, 0.6) is 0 Å². The fraction of sp³-hybridized carbons (Fsp3) is 0.231. The number of carboxylic acid groups (broad SMARTS) is 1. The van der Waals surface area contributed by atoms with Crippen LogP contribution in [-0.4, -0.2) is 52.7 Å². The highest BCUT2D eigenvalue weighted by atomic mass is 32.1. The van der Waals surface area contributed by atoms with Gasteiger partial charge in [-0.2, -0.15) is 0 Å². The summed E-state index contributed by atoms with van der Waals surface area (Å²) < 4.78 is 5.58. The SMILES string of the molecule is C=CCN(CC(=O)O)C(=O)c1csc(C(C)NC(=O)OCC2c3ccccc3-c3ccccc32)n1. The van der Waals surface area contributed by atoms with Crippen LogP contribution in [0.25, 0.3) is 11.1 Å². The fourth-order valence-corrected chi connectivity index (χ4v) is 4.96. The highest BCUT2D eigenvalue weighted by Gasteiger charge is 2.29. The second-order valence-corrected chi connectivity index (χ2v) is 9.02. The zero-order chi connectivity index (χ0) is 24.9. The van der Waals surface area contributed by atoms with Crippen LogP contribution in [0.1, 0.15) is 45.5 Å². The molecule has 0 saturated carbocycles. The number of nitrogens with one attached hydrogen (secondary N) is 1. The van der Waals surface area contributed by atoms with Crippen LogP contribution >= 0.6 is 11.3 Å². The average molecular weight is 492 g/mol. The standard InChI is InChI=1S/C26H25N3O5S/c1-3-12-29(13-23(30)31)25(32)22-15-35-24(28-22)16(2)27-26(33)34-14-21-19-10-6-4-8-17(19)18-9-5-7-11-20(18)21/h3-11,15-16,21H,1,12-14H2,2H3,(H,27,33)(H,30,31). The Balaban J connectivity index is 1.38. The quantitative estimate of drug-likeness (QED) is 0.428. The summed E-state index contributed by atoms with van der Waals surface area (Å²) in [4.78, 5) is 41.7. The number of hydrogen-bond acceptors (Lipinski definition) is 6. The lowest BCUT2D eigenvalue weighted by Gasteiger charge is -2.17. The third-order valence-corrected chi connectivity index (χ3v) is 6.78. The lowest BCUT2D eigenvalue weighted by atomic mass is 9.98. The summed E-state index contributed by atoms with van der Waals surface area (Å²) in [6.07, 6.45) is 0.872. The van der Waals surface area contributed by atoms with Gasteiger partial charge in [0.25, 0.3) is 5.91 Å². The summed E-state index contributed by atoms with van der Waals surface area (Å²) in [5, 5.41) is 13.8. The maximum atomic E-state index is 12.6. The van der Waals surface area contributed by atoms with E-state index in [2.05, 4.69) is 41.1 Å². The van der Waals surface area contributed by atoms with E-state index in [4.69, 9.17) is 9.84 Å². The van der Waals surface area contributed by atoms with Gasteiger partial charge in [-0.25, -0.2) is 9.78 Å². The number of fused-ring (bicyclic) bond motifs is 3. The molecule has 9 heteroatoms. The number of carbonyl (C=O) groups is 3. The third kappa shape index (κ3) is 5.25. The molecule has 0 aliphatic heterocycles. The van der Waals surface area contributed by atoms with E-state index in [1.807, 2.05) is 24.3 Å². The van der Waals surface area contributed by atoms with Crippen molar-refractivity contribution in [1.29, 1.82) is 0 Å². The Bertz CT molecular complexity index is 1230. The maximum absolute atomic E-state index is 12.6. The highest BCUT2D eigenvalue weighted by Crippen LogP contribution is 2.44. The largest absolute Gasteiger partial charge is 0.480 e. The minimum Gasteiger partial charge on any atom is -0.480 e. The Morgan fingerprint density at radius 3 is 2.40 bits per heavy atom. The zero-order valence-corrected chi connectivity index (χ0v) is 20.0. The summed E-state index contributed by atoms with van der Waals surface area (Å²) in [5.74, 6) is -1.68. The Hall–Kier alpha value is -3.98. The Morgan fingerprint density at radius 1 is 1.17 bits per heavy atom. The van der Waals surface area contributed by atoms with Crippen LogP contribution in [0, 0.1) is 0 Å². The van der Waals surface area contributed by atoms with Gasteiger partial charge in [0.1, 0.15) is 23.9 Å². The van der Waals surface area contributed by atoms with Crippen LogP contribution in [0.2, 0.25) is 0 Å². The van der Waals surface area contributed by atoms with Gasteiger partial charge in [-0.15, -0.1) is 17.9 Å². The van der Waals surface area contributed by atoms with Gasteiger partial charge in [-0.1, -0.05) is 54.6 Å². The molecule has 0 fully saturated rings. The van der Waals surface area contributed by atoms with Gasteiger partial charge in [-0.3, -0.25) is 9.59 Å². The molecule has 2 N–H and O–H groups in total. The van der Waals surface area contributed by atoms with Crippen molar-refractivity contribution in [3.05, 3.63) is 88.4 Å². The molecule has 1 heterocycles. The summed E-state index contributed by atoms with van der Waals surface area (Å²) in [7, 11) is 0. The number of aromatic nitrogens is 1. The first kappa shape index (κ1) is 24.2. The zero-order valence-electron chi connectivity index (χ0n) is 19.1. The number of carbonyl (C=O) groups excluding carboxylic acids is 2. The smallest absolute Gasteiger partial charge is 0.407 e. The topological polar surface area (TPSA) is 109 Å². The van der Waals surface area contributed by atoms with Gasteiger partial charge in [0.2, 0.25) is 0 Å². The first-order valence-electron chi connectivity index (χ1n) is 11.1. The second-order valence-electron chi connectivity index (χ2n) is 8.13. The van der Waals surface area contributed by atoms with Gasteiger partial charge in [0.15, 0.2) is 0 Å². The average Bonchev–Trinajstić information content (AvgIpc) is 3.46. The molecule has 3 aromatic rings. The molecule has 0 spiro atoms. The lowest BCUT2D eigenvalue weighted by Crippen LogP contribution is -2.36. The van der Waals surface area contributed by atoms with Crippen molar-refractivity contribution >= 4 is 29.3 Å². The predicted molar refractivity (Wildman–Crippen MR) is 132 cm³/mol. The van der Waals surface area contributed by atoms with Gasteiger partial charge in [-0.05, 0) is 29.2 Å². The minimum atomic E-state index is -1.12. The molecule has 35 heavy (non-hydrogen) atoms. The number of nitrogens with zero attached hydrogens (tertiary/aromatic N) is 2. The molecule has 1 aliphatic carbocycles. The second kappa shape index (κ2) is 10.5. The van der Waals surface area contributed by atoms with Crippen LogP contribution in [0.15, 0.2) is 66.6 Å². The summed E-state index contributed by atoms with van der Waals surface area (Å²) in [5.41, 5.74) is 4.68. The summed E-state index contributed by atoms with van der Waals surface area (Å²) in [6.45, 7) is 5.13. The van der Waals surface area contributed by atoms with E-state index >= 15 is 0 Å². The first-order chi connectivity index (χ1) is 16.9. The number of alkyl carbamates (subject to hydrolysis) is 1. The van der Waals surface area contributed by atoms with E-state index in [9.17, 15) is 14.4 Å². The third-order valence-electron chi connectivity index (χ3n) is 5.75. The van der Waals surface area contributed by atoms with E-state index in [-0.39, 0.29) is 24.8 Å². The highest BCUT2D eigenvalue weighted by molar-refractivity contribution is 7.09. The number of hydrogen-bond donors (Lipinski definition) is 2. The van der Waals surface area contributed by atoms with Gasteiger partial charge in [0, 0.05) is 17.8 Å². The molecule has 1 atom stereocenters. The fourth-order valence-electron chi connectivity index (χ4n) is 4.16. The van der Waals surface area contributed by atoms with Crippen molar-refractivity contribution in [2.24, 2.45) is 0 Å². The molecule has 4 rings (SSSR count). The van der Waals surface area contributed by atoms with Crippen molar-refractivity contribution in [2.75, 3.05) is 19.7 Å². The lowest BCUT2D eigenvalue weighted by molar-refractivity contribution is -0.137. The van der Waals surface area contributed by atoms with E-state index < -0.39 is 30.6 Å². The van der Waals surface area contributed by atoms with Crippen LogP contribution < -0.4 is 5.32 Å². The summed E-state index contributed by atoms with van der Waals surface area (Å²) >= 11 is 1.20. The molecule has 8 nitrogen and oxygen atoms in total. The van der Waals surface area contributed by atoms with Gasteiger partial charge >= 0.3 is 12.1 Å². The Morgan fingerprint density at radius 2 is 1.80 bits per heavy atom. The number of amides is 2. The molecule has 1 aliphatic rings. The van der Waals surface area contributed by atoms with E-state index in [0.29, 0.717) is 5.01 Å². The molecular formula is C26H25N3O5S. The molecule has 1 aromatic heterocycles. The van der Waals surface area contributed by atoms with E-state index in [1.54, 1.807) is 12.3 Å². The van der Waals surface area contributed by atoms with Crippen LogP contribution in [0.4, 0.5) is 4.79 Å². The number of benzene rings is 2. The molecule has 0 bridgehead atoms. The van der Waals surface area contributed by atoms with Gasteiger partial charge < -0.3 is 20.1 Å². The van der Waals surface area contributed by atoms with Crippen LogP contribution in [0.3, 0.4) is 0 Å². The van der Waals surface area contributed by atoms with Crippen molar-refractivity contribution in [3.8, 4) is 11.1 Å².